The van der Waals surface area contributed by atoms with E-state index in [1.54, 1.807) is 24.3 Å². The number of aliphatic hydroxyl groups excluding tert-OH is 1. The fraction of sp³-hybridized carbons (Fsp3) is 0.154. The summed E-state index contributed by atoms with van der Waals surface area (Å²) in [7, 11) is 0. The van der Waals surface area contributed by atoms with Crippen LogP contribution in [0.3, 0.4) is 0 Å². The SMILES string of the molecule is O=C(N[C@@H](CO)C(=O)O)c1cc(Cl)c2ccccc2n1. The molecule has 0 unspecified atom stereocenters. The van der Waals surface area contributed by atoms with Crippen LogP contribution in [0.4, 0.5) is 0 Å². The zero-order chi connectivity index (χ0) is 14.7. The number of nitrogens with zero attached hydrogens (tertiary/aromatic N) is 1. The Kier molecular flexibility index (Phi) is 4.16. The minimum atomic E-state index is -1.38. The van der Waals surface area contributed by atoms with Crippen molar-refractivity contribution in [2.24, 2.45) is 0 Å². The molecular formula is C13H11ClN2O4. The number of carbonyl (C=O) groups excluding carboxylic acids is 1. The highest BCUT2D eigenvalue weighted by Gasteiger charge is 2.20. The third kappa shape index (κ3) is 2.87. The van der Waals surface area contributed by atoms with E-state index in [1.165, 1.54) is 6.07 Å². The third-order valence-electron chi connectivity index (χ3n) is 2.68. The number of hydrogen-bond donors (Lipinski definition) is 3. The van der Waals surface area contributed by atoms with Gasteiger partial charge in [0, 0.05) is 5.39 Å². The molecule has 0 aliphatic rings. The standard InChI is InChI=1S/C13H11ClN2O4/c14-8-5-10(12(18)16-11(6-17)13(19)20)15-9-4-2-1-3-7(8)9/h1-5,11,17H,6H2,(H,16,18)(H,19,20)/t11-/m0/s1. The summed E-state index contributed by atoms with van der Waals surface area (Å²) < 4.78 is 0. The number of pyridine rings is 1. The van der Waals surface area contributed by atoms with Gasteiger partial charge in [0.15, 0.2) is 6.04 Å². The van der Waals surface area contributed by atoms with Crippen LogP contribution in [-0.2, 0) is 4.79 Å². The highest BCUT2D eigenvalue weighted by Crippen LogP contribution is 2.22. The molecule has 2 rings (SSSR count). The first-order chi connectivity index (χ1) is 9.52. The van der Waals surface area contributed by atoms with Crippen molar-refractivity contribution in [3.05, 3.63) is 41.0 Å². The van der Waals surface area contributed by atoms with Crippen LogP contribution in [0.25, 0.3) is 10.9 Å². The van der Waals surface area contributed by atoms with Crippen LogP contribution >= 0.6 is 11.6 Å². The molecule has 0 saturated carbocycles. The lowest BCUT2D eigenvalue weighted by Crippen LogP contribution is -2.43. The Morgan fingerprint density at radius 1 is 1.35 bits per heavy atom. The van der Waals surface area contributed by atoms with Gasteiger partial charge in [0.25, 0.3) is 5.91 Å². The van der Waals surface area contributed by atoms with E-state index in [9.17, 15) is 9.59 Å². The van der Waals surface area contributed by atoms with Gasteiger partial charge >= 0.3 is 5.97 Å². The molecule has 20 heavy (non-hydrogen) atoms. The van der Waals surface area contributed by atoms with Gasteiger partial charge in [0.05, 0.1) is 17.1 Å². The van der Waals surface area contributed by atoms with Crippen LogP contribution in [0.2, 0.25) is 5.02 Å². The fourth-order valence-corrected chi connectivity index (χ4v) is 1.93. The van der Waals surface area contributed by atoms with E-state index in [4.69, 9.17) is 21.8 Å². The average molecular weight is 295 g/mol. The zero-order valence-electron chi connectivity index (χ0n) is 10.2. The summed E-state index contributed by atoms with van der Waals surface area (Å²) in [5, 5.41) is 20.9. The van der Waals surface area contributed by atoms with Gasteiger partial charge in [-0.1, -0.05) is 29.8 Å². The van der Waals surface area contributed by atoms with Crippen molar-refractivity contribution < 1.29 is 19.8 Å². The number of aromatic nitrogens is 1. The van der Waals surface area contributed by atoms with Gasteiger partial charge in [0.2, 0.25) is 0 Å². The quantitative estimate of drug-likeness (QED) is 0.783. The lowest BCUT2D eigenvalue weighted by atomic mass is 10.2. The number of carbonyl (C=O) groups is 2. The smallest absolute Gasteiger partial charge is 0.328 e. The molecular weight excluding hydrogens is 284 g/mol. The van der Waals surface area contributed by atoms with Crippen LogP contribution in [0.5, 0.6) is 0 Å². The van der Waals surface area contributed by atoms with E-state index in [0.717, 1.165) is 0 Å². The van der Waals surface area contributed by atoms with Crippen LogP contribution < -0.4 is 5.32 Å². The van der Waals surface area contributed by atoms with E-state index in [-0.39, 0.29) is 5.69 Å². The van der Waals surface area contributed by atoms with Gasteiger partial charge in [-0.3, -0.25) is 4.79 Å². The molecule has 0 bridgehead atoms. The number of rotatable bonds is 4. The van der Waals surface area contributed by atoms with Crippen molar-refractivity contribution in [3.8, 4) is 0 Å². The molecule has 1 heterocycles. The van der Waals surface area contributed by atoms with Crippen LogP contribution in [0.15, 0.2) is 30.3 Å². The van der Waals surface area contributed by atoms with Gasteiger partial charge in [-0.2, -0.15) is 0 Å². The first-order valence-corrected chi connectivity index (χ1v) is 6.10. The number of amides is 1. The molecule has 0 radical (unpaired) electrons. The highest BCUT2D eigenvalue weighted by atomic mass is 35.5. The van der Waals surface area contributed by atoms with Crippen molar-refractivity contribution in [1.82, 2.24) is 10.3 Å². The molecule has 0 fully saturated rings. The van der Waals surface area contributed by atoms with Gasteiger partial charge in [-0.05, 0) is 12.1 Å². The number of benzene rings is 1. The minimum Gasteiger partial charge on any atom is -0.480 e. The van der Waals surface area contributed by atoms with E-state index < -0.39 is 24.5 Å². The Bertz CT molecular complexity index is 674. The van der Waals surface area contributed by atoms with Gasteiger partial charge in [-0.25, -0.2) is 9.78 Å². The Morgan fingerprint density at radius 2 is 2.05 bits per heavy atom. The molecule has 6 nitrogen and oxygen atoms in total. The molecule has 1 aromatic heterocycles. The first kappa shape index (κ1) is 14.2. The summed E-state index contributed by atoms with van der Waals surface area (Å²) >= 11 is 6.05. The number of halogens is 1. The molecule has 1 atom stereocenters. The van der Waals surface area contributed by atoms with Crippen molar-refractivity contribution in [1.29, 1.82) is 0 Å². The second-order valence-electron chi connectivity index (χ2n) is 4.05. The van der Waals surface area contributed by atoms with Crippen molar-refractivity contribution in [2.75, 3.05) is 6.61 Å². The monoisotopic (exact) mass is 294 g/mol. The number of carboxylic acid groups (broad SMARTS) is 1. The van der Waals surface area contributed by atoms with E-state index in [2.05, 4.69) is 10.3 Å². The molecule has 2 aromatic rings. The molecule has 0 saturated heterocycles. The molecule has 0 aliphatic carbocycles. The Morgan fingerprint density at radius 3 is 2.70 bits per heavy atom. The summed E-state index contributed by atoms with van der Waals surface area (Å²) in [6, 6.07) is 6.98. The predicted molar refractivity (Wildman–Crippen MR) is 72.7 cm³/mol. The largest absolute Gasteiger partial charge is 0.480 e. The van der Waals surface area contributed by atoms with Crippen LogP contribution in [-0.4, -0.2) is 39.7 Å². The summed E-state index contributed by atoms with van der Waals surface area (Å²) in [6.07, 6.45) is 0. The van der Waals surface area contributed by atoms with Crippen molar-refractivity contribution in [3.63, 3.8) is 0 Å². The number of hydrogen-bond acceptors (Lipinski definition) is 4. The maximum atomic E-state index is 11.9. The number of aliphatic hydroxyl groups is 1. The molecule has 0 spiro atoms. The number of nitrogens with one attached hydrogen (secondary N) is 1. The Balaban J connectivity index is 2.33. The van der Waals surface area contributed by atoms with Gasteiger partial charge in [-0.15, -0.1) is 0 Å². The summed E-state index contributed by atoms with van der Waals surface area (Å²) in [5.74, 6) is -2.04. The van der Waals surface area contributed by atoms with E-state index in [0.29, 0.717) is 15.9 Å². The lowest BCUT2D eigenvalue weighted by Gasteiger charge is -2.11. The molecule has 3 N–H and O–H groups in total. The van der Waals surface area contributed by atoms with Gasteiger partial charge < -0.3 is 15.5 Å². The molecule has 7 heteroatoms. The maximum Gasteiger partial charge on any atom is 0.328 e. The predicted octanol–water partition coefficient (Wildman–Crippen LogP) is 1.06. The molecule has 104 valence electrons. The van der Waals surface area contributed by atoms with Crippen molar-refractivity contribution >= 4 is 34.4 Å². The number of fused-ring (bicyclic) bond motifs is 1. The number of aliphatic carboxylic acids is 1. The Labute approximate surface area is 119 Å². The minimum absolute atomic E-state index is 0.00611. The first-order valence-electron chi connectivity index (χ1n) is 5.72. The highest BCUT2D eigenvalue weighted by molar-refractivity contribution is 6.35. The topological polar surface area (TPSA) is 99.5 Å². The molecule has 1 aromatic carbocycles. The van der Waals surface area contributed by atoms with E-state index in [1.807, 2.05) is 0 Å². The van der Waals surface area contributed by atoms with Crippen LogP contribution in [0, 0.1) is 0 Å². The number of para-hydroxylation sites is 1. The Hall–Kier alpha value is -2.18. The van der Waals surface area contributed by atoms with Crippen molar-refractivity contribution in [2.45, 2.75) is 6.04 Å². The molecule has 1 amide bonds. The molecule has 0 aliphatic heterocycles. The van der Waals surface area contributed by atoms with Crippen LogP contribution in [0.1, 0.15) is 10.5 Å². The summed E-state index contributed by atoms with van der Waals surface area (Å²) in [5.41, 5.74) is 0.523. The van der Waals surface area contributed by atoms with E-state index >= 15 is 0 Å². The summed E-state index contributed by atoms with van der Waals surface area (Å²) in [6.45, 7) is -0.706. The van der Waals surface area contributed by atoms with Gasteiger partial charge in [0.1, 0.15) is 5.69 Å². The number of carboxylic acids is 1. The average Bonchev–Trinajstić information content (AvgIpc) is 2.44. The lowest BCUT2D eigenvalue weighted by molar-refractivity contribution is -0.140. The second kappa shape index (κ2) is 5.85. The second-order valence-corrected chi connectivity index (χ2v) is 4.46. The normalized spacial score (nSPS) is 12.1. The maximum absolute atomic E-state index is 11.9. The summed E-state index contributed by atoms with van der Waals surface area (Å²) in [4.78, 5) is 26.8. The zero-order valence-corrected chi connectivity index (χ0v) is 11.0. The third-order valence-corrected chi connectivity index (χ3v) is 3.00. The fourth-order valence-electron chi connectivity index (χ4n) is 1.67.